The lowest BCUT2D eigenvalue weighted by molar-refractivity contribution is -0.126. The Kier molecular flexibility index (Phi) is 7.57. The molecule has 1 fully saturated rings. The van der Waals surface area contributed by atoms with E-state index < -0.39 is 15.9 Å². The summed E-state index contributed by atoms with van der Waals surface area (Å²) in [5.74, 6) is 1.63. The molecule has 1 heterocycles. The van der Waals surface area contributed by atoms with Crippen LogP contribution in [0.2, 0.25) is 0 Å². The van der Waals surface area contributed by atoms with Gasteiger partial charge in [0.1, 0.15) is 6.54 Å². The average molecular weight is 468 g/mol. The Morgan fingerprint density at radius 3 is 2.45 bits per heavy atom. The minimum atomic E-state index is -3.64. The van der Waals surface area contributed by atoms with E-state index in [1.807, 2.05) is 13.0 Å². The summed E-state index contributed by atoms with van der Waals surface area (Å²) < 4.78 is 27.8. The highest BCUT2D eigenvalue weighted by atomic mass is 32.2. The number of benzene rings is 2. The largest absolute Gasteiger partial charge is 0.358 e. The number of anilines is 1. The van der Waals surface area contributed by atoms with Crippen LogP contribution in [0.1, 0.15) is 29.5 Å². The van der Waals surface area contributed by atoms with Gasteiger partial charge in [0.15, 0.2) is 0 Å². The lowest BCUT2D eigenvalue weighted by Gasteiger charge is -2.33. The molecule has 2 aromatic rings. The SMILES string of the molecule is C#Cc1cccc(N(CC(=O)NC)C(=O)C2CCN(S(=O)(=O)c3ccc(C)cc3C)CC2)c1. The molecule has 1 aliphatic heterocycles. The fourth-order valence-corrected chi connectivity index (χ4v) is 5.75. The summed E-state index contributed by atoms with van der Waals surface area (Å²) in [6.45, 7) is 4.06. The van der Waals surface area contributed by atoms with Gasteiger partial charge in [-0.15, -0.1) is 6.42 Å². The Labute approximate surface area is 195 Å². The van der Waals surface area contributed by atoms with Crippen molar-refractivity contribution in [3.8, 4) is 12.3 Å². The number of nitrogens with zero attached hydrogens (tertiary/aromatic N) is 2. The first-order chi connectivity index (χ1) is 15.7. The number of aryl methyl sites for hydroxylation is 2. The second kappa shape index (κ2) is 10.2. The summed E-state index contributed by atoms with van der Waals surface area (Å²) in [7, 11) is -2.13. The van der Waals surface area contributed by atoms with Crippen LogP contribution in [0.4, 0.5) is 5.69 Å². The van der Waals surface area contributed by atoms with E-state index in [0.29, 0.717) is 34.6 Å². The fourth-order valence-electron chi connectivity index (χ4n) is 4.07. The highest BCUT2D eigenvalue weighted by molar-refractivity contribution is 7.89. The molecule has 33 heavy (non-hydrogen) atoms. The first-order valence-corrected chi connectivity index (χ1v) is 12.3. The minimum Gasteiger partial charge on any atom is -0.358 e. The Hall–Kier alpha value is -3.15. The molecule has 0 aliphatic carbocycles. The van der Waals surface area contributed by atoms with Crippen molar-refractivity contribution in [3.05, 3.63) is 59.2 Å². The monoisotopic (exact) mass is 467 g/mol. The van der Waals surface area contributed by atoms with Gasteiger partial charge in [-0.2, -0.15) is 4.31 Å². The molecule has 1 aliphatic rings. The van der Waals surface area contributed by atoms with Gasteiger partial charge in [-0.3, -0.25) is 9.59 Å². The lowest BCUT2D eigenvalue weighted by atomic mass is 9.96. The van der Waals surface area contributed by atoms with Crippen molar-refractivity contribution in [2.24, 2.45) is 5.92 Å². The highest BCUT2D eigenvalue weighted by Crippen LogP contribution is 2.28. The van der Waals surface area contributed by atoms with E-state index in [9.17, 15) is 18.0 Å². The van der Waals surface area contributed by atoms with E-state index in [2.05, 4.69) is 11.2 Å². The van der Waals surface area contributed by atoms with Crippen LogP contribution in [0.15, 0.2) is 47.4 Å². The summed E-state index contributed by atoms with van der Waals surface area (Å²) in [4.78, 5) is 27.2. The second-order valence-corrected chi connectivity index (χ2v) is 10.1. The molecule has 0 unspecified atom stereocenters. The van der Waals surface area contributed by atoms with Crippen molar-refractivity contribution < 1.29 is 18.0 Å². The van der Waals surface area contributed by atoms with Gasteiger partial charge in [0.25, 0.3) is 0 Å². The van der Waals surface area contributed by atoms with Crippen LogP contribution in [0.5, 0.6) is 0 Å². The highest BCUT2D eigenvalue weighted by Gasteiger charge is 2.35. The van der Waals surface area contributed by atoms with Gasteiger partial charge >= 0.3 is 0 Å². The fraction of sp³-hybridized carbons (Fsp3) is 0.360. The third-order valence-electron chi connectivity index (χ3n) is 5.92. The van der Waals surface area contributed by atoms with E-state index in [4.69, 9.17) is 6.42 Å². The Balaban J connectivity index is 1.78. The predicted molar refractivity (Wildman–Crippen MR) is 128 cm³/mol. The molecule has 174 valence electrons. The van der Waals surface area contributed by atoms with E-state index >= 15 is 0 Å². The number of carbonyl (C=O) groups excluding carboxylic acids is 2. The summed E-state index contributed by atoms with van der Waals surface area (Å²) in [5, 5.41) is 2.55. The quantitative estimate of drug-likeness (QED) is 0.662. The van der Waals surface area contributed by atoms with E-state index in [-0.39, 0.29) is 31.4 Å². The normalized spacial score (nSPS) is 15.0. The molecule has 7 nitrogen and oxygen atoms in total. The molecule has 0 saturated carbocycles. The maximum atomic E-state index is 13.4. The van der Waals surface area contributed by atoms with Gasteiger partial charge in [-0.05, 0) is 56.5 Å². The molecule has 1 saturated heterocycles. The molecular formula is C25H29N3O4S. The van der Waals surface area contributed by atoms with Gasteiger partial charge in [-0.1, -0.05) is 29.7 Å². The molecular weight excluding hydrogens is 438 g/mol. The van der Waals surface area contributed by atoms with E-state index in [1.165, 1.54) is 16.3 Å². The Bertz CT molecular complexity index is 1190. The second-order valence-electron chi connectivity index (χ2n) is 8.24. The number of amides is 2. The summed E-state index contributed by atoms with van der Waals surface area (Å²) >= 11 is 0. The molecule has 8 heteroatoms. The zero-order valence-electron chi connectivity index (χ0n) is 19.2. The predicted octanol–water partition coefficient (Wildman–Crippen LogP) is 2.46. The molecule has 0 atom stereocenters. The van der Waals surface area contributed by atoms with Crippen LogP contribution in [0.25, 0.3) is 0 Å². The first-order valence-electron chi connectivity index (χ1n) is 10.8. The zero-order valence-corrected chi connectivity index (χ0v) is 20.0. The lowest BCUT2D eigenvalue weighted by Crippen LogP contribution is -2.47. The number of hydrogen-bond acceptors (Lipinski definition) is 4. The van der Waals surface area contributed by atoms with Crippen LogP contribution in [0.3, 0.4) is 0 Å². The minimum absolute atomic E-state index is 0.134. The van der Waals surface area contributed by atoms with E-state index in [1.54, 1.807) is 43.3 Å². The van der Waals surface area contributed by atoms with Crippen LogP contribution in [-0.2, 0) is 19.6 Å². The topological polar surface area (TPSA) is 86.8 Å². The molecule has 0 radical (unpaired) electrons. The van der Waals surface area contributed by atoms with Crippen LogP contribution < -0.4 is 10.2 Å². The number of hydrogen-bond donors (Lipinski definition) is 1. The molecule has 0 aromatic heterocycles. The molecule has 3 rings (SSSR count). The number of nitrogens with one attached hydrogen (secondary N) is 1. The molecule has 2 aromatic carbocycles. The summed E-state index contributed by atoms with van der Waals surface area (Å²) in [6.07, 6.45) is 6.25. The van der Waals surface area contributed by atoms with Crippen molar-refractivity contribution in [1.82, 2.24) is 9.62 Å². The van der Waals surface area contributed by atoms with Crippen molar-refractivity contribution in [2.45, 2.75) is 31.6 Å². The molecule has 1 N–H and O–H groups in total. The molecule has 2 amide bonds. The van der Waals surface area contributed by atoms with E-state index in [0.717, 1.165) is 5.56 Å². The van der Waals surface area contributed by atoms with Crippen LogP contribution in [-0.4, -0.2) is 51.2 Å². The van der Waals surface area contributed by atoms with Crippen molar-refractivity contribution in [1.29, 1.82) is 0 Å². The van der Waals surface area contributed by atoms with Gasteiger partial charge in [0.2, 0.25) is 21.8 Å². The summed E-state index contributed by atoms with van der Waals surface area (Å²) in [6, 6.07) is 12.2. The number of rotatable bonds is 6. The molecule has 0 spiro atoms. The third-order valence-corrected chi connectivity index (χ3v) is 7.98. The van der Waals surface area contributed by atoms with Gasteiger partial charge in [-0.25, -0.2) is 8.42 Å². The average Bonchev–Trinajstić information content (AvgIpc) is 2.81. The van der Waals surface area contributed by atoms with Crippen LogP contribution >= 0.6 is 0 Å². The van der Waals surface area contributed by atoms with Gasteiger partial charge < -0.3 is 10.2 Å². The van der Waals surface area contributed by atoms with Gasteiger partial charge in [0.05, 0.1) is 4.90 Å². The Morgan fingerprint density at radius 2 is 1.85 bits per heavy atom. The number of sulfonamides is 1. The standard InChI is InChI=1S/C25H29N3O4S/c1-5-20-7-6-8-22(16-20)28(17-24(29)26-4)25(30)21-11-13-27(14-12-21)33(31,32)23-10-9-18(2)15-19(23)3/h1,6-10,15-16,21H,11-14,17H2,2-4H3,(H,26,29). The maximum absolute atomic E-state index is 13.4. The smallest absolute Gasteiger partial charge is 0.243 e. The van der Waals surface area contributed by atoms with Crippen LogP contribution in [0, 0.1) is 32.1 Å². The number of likely N-dealkylation sites (N-methyl/N-ethyl adjacent to an activating group) is 1. The zero-order chi connectivity index (χ0) is 24.2. The number of terminal acetylenes is 1. The first kappa shape index (κ1) is 24.5. The van der Waals surface area contributed by atoms with Crippen molar-refractivity contribution in [3.63, 3.8) is 0 Å². The van der Waals surface area contributed by atoms with Crippen molar-refractivity contribution >= 4 is 27.5 Å². The maximum Gasteiger partial charge on any atom is 0.243 e. The third kappa shape index (κ3) is 5.44. The van der Waals surface area contributed by atoms with Crippen molar-refractivity contribution in [2.75, 3.05) is 31.6 Å². The Morgan fingerprint density at radius 1 is 1.15 bits per heavy atom. The van der Waals surface area contributed by atoms with Gasteiger partial charge in [0, 0.05) is 37.3 Å². The number of carbonyl (C=O) groups is 2. The number of piperidine rings is 1. The summed E-state index contributed by atoms with van der Waals surface area (Å²) in [5.41, 5.74) is 2.86. The molecule has 0 bridgehead atoms.